The Bertz CT molecular complexity index is 2060. The van der Waals surface area contributed by atoms with E-state index in [4.69, 9.17) is 28.4 Å². The fraction of sp³-hybridized carbons (Fsp3) is 0.0952. The van der Waals surface area contributed by atoms with Crippen molar-refractivity contribution in [1.29, 1.82) is 0 Å². The van der Waals surface area contributed by atoms with Crippen molar-refractivity contribution in [2.45, 2.75) is 27.7 Å². The summed E-state index contributed by atoms with van der Waals surface area (Å²) in [7, 11) is 0. The number of halogens is 2. The van der Waals surface area contributed by atoms with Crippen molar-refractivity contribution in [1.82, 2.24) is 0 Å². The van der Waals surface area contributed by atoms with Crippen LogP contribution < -0.4 is 18.9 Å². The van der Waals surface area contributed by atoms with Crippen LogP contribution in [0.4, 0.5) is 8.78 Å². The number of hydrogen-bond acceptors (Lipinski definition) is 10. The molecule has 0 radical (unpaired) electrons. The first-order valence-electron chi connectivity index (χ1n) is 15.5. The summed E-state index contributed by atoms with van der Waals surface area (Å²) in [6.07, 6.45) is 4.30. The summed E-state index contributed by atoms with van der Waals surface area (Å²) in [4.78, 5) is 48.0. The lowest BCUT2D eigenvalue weighted by Gasteiger charge is -2.15. The van der Waals surface area contributed by atoms with Gasteiger partial charge in [0.1, 0.15) is 47.7 Å². The van der Waals surface area contributed by atoms with E-state index in [1.54, 1.807) is 0 Å². The van der Waals surface area contributed by atoms with Gasteiger partial charge in [-0.3, -0.25) is 0 Å². The van der Waals surface area contributed by atoms with Gasteiger partial charge in [-0.15, -0.1) is 0 Å². The van der Waals surface area contributed by atoms with Crippen LogP contribution in [0.1, 0.15) is 49.9 Å². The molecule has 3 rings (SSSR count). The quantitative estimate of drug-likeness (QED) is 0.0602. The minimum atomic E-state index is -1.36. The van der Waals surface area contributed by atoms with Crippen LogP contribution in [0.25, 0.3) is 0 Å². The van der Waals surface area contributed by atoms with Crippen LogP contribution in [-0.2, 0) is 28.7 Å². The molecule has 3 aromatic carbocycles. The molecule has 10 nitrogen and oxygen atoms in total. The van der Waals surface area contributed by atoms with Crippen molar-refractivity contribution in [3.8, 4) is 46.7 Å². The minimum Gasteiger partial charge on any atom is -0.462 e. The molecule has 0 aliphatic heterocycles. The van der Waals surface area contributed by atoms with Crippen LogP contribution >= 0.6 is 0 Å². The SMILES string of the molecule is C=C(C)C(=O)O/C=C/Oc1ccc(C#Cc2c(F)c(OC(=O)C(=C)C)c(C#Cc3ccc(O/C=C/OC(=O)C(=C)C)cc3)c(F)c2OC(=O)C(=C)C)cc1. The van der Waals surface area contributed by atoms with Gasteiger partial charge < -0.3 is 28.4 Å². The zero-order valence-electron chi connectivity index (χ0n) is 29.6. The van der Waals surface area contributed by atoms with Gasteiger partial charge >= 0.3 is 23.9 Å². The zero-order valence-corrected chi connectivity index (χ0v) is 29.6. The number of carbonyl (C=O) groups excluding carboxylic acids is 4. The van der Waals surface area contributed by atoms with Gasteiger partial charge in [-0.25, -0.2) is 28.0 Å². The average molecular weight is 735 g/mol. The Hall–Kier alpha value is -7.44. The first-order chi connectivity index (χ1) is 25.6. The first kappa shape index (κ1) is 41.0. The van der Waals surface area contributed by atoms with E-state index in [2.05, 4.69) is 50.0 Å². The fourth-order valence-corrected chi connectivity index (χ4v) is 3.52. The molecule has 0 aliphatic carbocycles. The third-order valence-corrected chi connectivity index (χ3v) is 6.32. The Kier molecular flexibility index (Phi) is 14.6. The smallest absolute Gasteiger partial charge is 0.338 e. The second kappa shape index (κ2) is 19.2. The molecule has 0 spiro atoms. The maximum absolute atomic E-state index is 16.3. The second-order valence-electron chi connectivity index (χ2n) is 11.1. The summed E-state index contributed by atoms with van der Waals surface area (Å²) < 4.78 is 63.3. The lowest BCUT2D eigenvalue weighted by Crippen LogP contribution is -2.16. The lowest BCUT2D eigenvalue weighted by atomic mass is 10.0. The predicted octanol–water partition coefficient (Wildman–Crippen LogP) is 7.67. The van der Waals surface area contributed by atoms with Gasteiger partial charge in [-0.05, 0) is 76.2 Å². The number of hydrogen-bond donors (Lipinski definition) is 0. The molecule has 54 heavy (non-hydrogen) atoms. The molecule has 0 N–H and O–H groups in total. The maximum atomic E-state index is 16.3. The number of esters is 4. The highest BCUT2D eigenvalue weighted by molar-refractivity contribution is 5.91. The largest absolute Gasteiger partial charge is 0.462 e. The summed E-state index contributed by atoms with van der Waals surface area (Å²) in [5.74, 6) is 2.81. The molecule has 0 amide bonds. The predicted molar refractivity (Wildman–Crippen MR) is 193 cm³/mol. The van der Waals surface area contributed by atoms with Crippen LogP contribution in [-0.4, -0.2) is 23.9 Å². The number of rotatable bonds is 12. The first-order valence-corrected chi connectivity index (χ1v) is 15.5. The van der Waals surface area contributed by atoms with Crippen LogP contribution in [0.2, 0.25) is 0 Å². The molecule has 0 saturated carbocycles. The van der Waals surface area contributed by atoms with Crippen molar-refractivity contribution in [3.63, 3.8) is 0 Å². The monoisotopic (exact) mass is 734 g/mol. The van der Waals surface area contributed by atoms with E-state index < -0.39 is 58.1 Å². The van der Waals surface area contributed by atoms with Crippen molar-refractivity contribution in [3.05, 3.63) is 156 Å². The van der Waals surface area contributed by atoms with Gasteiger partial charge in [0.05, 0.1) is 0 Å². The second-order valence-corrected chi connectivity index (χ2v) is 11.1. The summed E-state index contributed by atoms with van der Waals surface area (Å²) in [5.41, 5.74) is -0.814. The van der Waals surface area contributed by atoms with Gasteiger partial charge in [0.2, 0.25) is 0 Å². The third-order valence-electron chi connectivity index (χ3n) is 6.32. The standard InChI is InChI=1S/C42H32F2O10/c1-25(2)39(45)51-23-21-49-31-15-9-29(10-16-31)13-19-33-35(43)38(54-42(48)28(7)8)34(36(44)37(33)53-41(47)27(5)6)20-14-30-11-17-32(18-12-30)50-22-24-52-40(46)26(3)4/h9-12,15-18,21-24H,1,3,5,7H2,2,4,6,8H3/b23-21+,24-22+. The Balaban J connectivity index is 2.04. The van der Waals surface area contributed by atoms with Crippen molar-refractivity contribution < 1.29 is 56.4 Å². The van der Waals surface area contributed by atoms with Crippen molar-refractivity contribution >= 4 is 23.9 Å². The van der Waals surface area contributed by atoms with E-state index >= 15 is 8.78 Å². The zero-order chi connectivity index (χ0) is 39.9. The average Bonchev–Trinajstić information content (AvgIpc) is 3.13. The van der Waals surface area contributed by atoms with Gasteiger partial charge in [-0.1, -0.05) is 50.0 Å². The highest BCUT2D eigenvalue weighted by atomic mass is 19.1. The summed E-state index contributed by atoms with van der Waals surface area (Å²) >= 11 is 0. The number of benzene rings is 3. The minimum absolute atomic E-state index is 0.135. The molecule has 3 aromatic rings. The third kappa shape index (κ3) is 11.8. The molecule has 0 aliphatic rings. The molecule has 0 unspecified atom stereocenters. The molecule has 0 saturated heterocycles. The number of ether oxygens (including phenoxy) is 6. The number of carbonyl (C=O) groups is 4. The molecule has 0 aromatic heterocycles. The van der Waals surface area contributed by atoms with Crippen molar-refractivity contribution in [2.24, 2.45) is 0 Å². The lowest BCUT2D eigenvalue weighted by molar-refractivity contribution is -0.134. The van der Waals surface area contributed by atoms with Crippen LogP contribution in [0, 0.1) is 35.3 Å². The molecule has 0 atom stereocenters. The summed E-state index contributed by atoms with van der Waals surface area (Å²) in [5, 5.41) is 0. The fourth-order valence-electron chi connectivity index (χ4n) is 3.52. The van der Waals surface area contributed by atoms with Crippen LogP contribution in [0.3, 0.4) is 0 Å². The molecule has 0 fully saturated rings. The Morgan fingerprint density at radius 3 is 1.11 bits per heavy atom. The molecule has 0 bridgehead atoms. The van der Waals surface area contributed by atoms with Crippen LogP contribution in [0.15, 0.2) is 122 Å². The van der Waals surface area contributed by atoms with E-state index in [0.29, 0.717) is 11.5 Å². The maximum Gasteiger partial charge on any atom is 0.338 e. The van der Waals surface area contributed by atoms with E-state index in [1.807, 2.05) is 0 Å². The van der Waals surface area contributed by atoms with Gasteiger partial charge in [0.25, 0.3) is 0 Å². The molecule has 274 valence electrons. The molecular weight excluding hydrogens is 702 g/mol. The van der Waals surface area contributed by atoms with Gasteiger partial charge in [-0.2, -0.15) is 0 Å². The Morgan fingerprint density at radius 2 is 0.815 bits per heavy atom. The Labute approximate surface area is 310 Å². The summed E-state index contributed by atoms with van der Waals surface area (Å²) in [6, 6.07) is 11.9. The summed E-state index contributed by atoms with van der Waals surface area (Å²) in [6.45, 7) is 19.4. The van der Waals surface area contributed by atoms with Gasteiger partial charge in [0, 0.05) is 33.4 Å². The highest BCUT2D eigenvalue weighted by Crippen LogP contribution is 2.37. The Morgan fingerprint density at radius 1 is 0.500 bits per heavy atom. The molecule has 12 heteroatoms. The molecule has 0 heterocycles. The normalized spacial score (nSPS) is 10.2. The molecular formula is C42H32F2O10. The van der Waals surface area contributed by atoms with Gasteiger partial charge in [0.15, 0.2) is 23.1 Å². The van der Waals surface area contributed by atoms with E-state index in [-0.39, 0.29) is 33.4 Å². The van der Waals surface area contributed by atoms with Crippen LogP contribution in [0.5, 0.6) is 23.0 Å². The highest BCUT2D eigenvalue weighted by Gasteiger charge is 2.29. The van der Waals surface area contributed by atoms with E-state index in [1.165, 1.54) is 76.2 Å². The van der Waals surface area contributed by atoms with Crippen molar-refractivity contribution in [2.75, 3.05) is 0 Å². The van der Waals surface area contributed by atoms with E-state index in [0.717, 1.165) is 25.0 Å². The van der Waals surface area contributed by atoms with E-state index in [9.17, 15) is 19.2 Å². The topological polar surface area (TPSA) is 124 Å².